The first-order valence-corrected chi connectivity index (χ1v) is 9.53. The Kier molecular flexibility index (Phi) is 3.85. The molecule has 134 valence electrons. The molecule has 0 radical (unpaired) electrons. The average molecular weight is 348 g/mol. The van der Waals surface area contributed by atoms with Gasteiger partial charge in [-0.2, -0.15) is 0 Å². The van der Waals surface area contributed by atoms with E-state index in [-0.39, 0.29) is 0 Å². The number of nitrogens with zero attached hydrogens (tertiary/aromatic N) is 4. The number of H-pyrrole nitrogens is 1. The van der Waals surface area contributed by atoms with Gasteiger partial charge in [-0.1, -0.05) is 0 Å². The first-order valence-electron chi connectivity index (χ1n) is 9.53. The molecule has 6 nitrogen and oxygen atoms in total. The Hall–Kier alpha value is -2.47. The fourth-order valence-corrected chi connectivity index (χ4v) is 4.49. The van der Waals surface area contributed by atoms with Crippen LogP contribution in [0.1, 0.15) is 42.6 Å². The van der Waals surface area contributed by atoms with Gasteiger partial charge in [0, 0.05) is 60.5 Å². The van der Waals surface area contributed by atoms with Crippen molar-refractivity contribution in [1.29, 1.82) is 0 Å². The second kappa shape index (κ2) is 6.36. The Morgan fingerprint density at radius 3 is 3.04 bits per heavy atom. The van der Waals surface area contributed by atoms with E-state index in [4.69, 9.17) is 4.98 Å². The van der Waals surface area contributed by atoms with Crippen molar-refractivity contribution >= 4 is 16.7 Å². The van der Waals surface area contributed by atoms with Crippen LogP contribution in [0, 0.1) is 0 Å². The highest BCUT2D eigenvalue weighted by molar-refractivity contribution is 5.90. The number of hydrogen-bond donors (Lipinski definition) is 2. The largest absolute Gasteiger partial charge is 0.363 e. The summed E-state index contributed by atoms with van der Waals surface area (Å²) in [7, 11) is 0. The summed E-state index contributed by atoms with van der Waals surface area (Å²) >= 11 is 0. The molecule has 0 bridgehead atoms. The maximum atomic E-state index is 4.72. The van der Waals surface area contributed by atoms with Gasteiger partial charge in [0.25, 0.3) is 0 Å². The predicted octanol–water partition coefficient (Wildman–Crippen LogP) is 2.77. The Morgan fingerprint density at radius 2 is 2.15 bits per heavy atom. The van der Waals surface area contributed by atoms with E-state index in [0.29, 0.717) is 12.0 Å². The van der Waals surface area contributed by atoms with Crippen molar-refractivity contribution in [2.24, 2.45) is 0 Å². The average Bonchev–Trinajstić information content (AvgIpc) is 3.16. The molecule has 2 N–H and O–H groups in total. The summed E-state index contributed by atoms with van der Waals surface area (Å²) in [6, 6.07) is 4.65. The maximum absolute atomic E-state index is 4.72. The summed E-state index contributed by atoms with van der Waals surface area (Å²) < 4.78 is 0. The second-order valence-electron chi connectivity index (χ2n) is 7.48. The lowest BCUT2D eigenvalue weighted by Crippen LogP contribution is -2.40. The minimum absolute atomic E-state index is 0.398. The Labute approximate surface area is 153 Å². The zero-order chi connectivity index (χ0) is 17.5. The summed E-state index contributed by atoms with van der Waals surface area (Å²) in [6.45, 7) is 5.30. The number of anilines is 1. The zero-order valence-corrected chi connectivity index (χ0v) is 15.1. The van der Waals surface area contributed by atoms with Crippen molar-refractivity contribution in [2.75, 3.05) is 18.0 Å². The van der Waals surface area contributed by atoms with Crippen LogP contribution in [0.4, 0.5) is 5.69 Å². The molecule has 5 heterocycles. The van der Waals surface area contributed by atoms with E-state index in [2.05, 4.69) is 44.2 Å². The monoisotopic (exact) mass is 348 g/mol. The van der Waals surface area contributed by atoms with E-state index < -0.39 is 0 Å². The smallest absolute Gasteiger partial charge is 0.139 e. The molecular formula is C20H24N6. The van der Waals surface area contributed by atoms with E-state index in [1.807, 2.05) is 12.4 Å². The van der Waals surface area contributed by atoms with Crippen molar-refractivity contribution in [3.63, 3.8) is 0 Å². The van der Waals surface area contributed by atoms with Crippen molar-refractivity contribution in [1.82, 2.24) is 25.3 Å². The number of piperidine rings is 1. The molecule has 0 aliphatic carbocycles. The molecule has 26 heavy (non-hydrogen) atoms. The summed E-state index contributed by atoms with van der Waals surface area (Å²) in [5, 5.41) is 4.71. The van der Waals surface area contributed by atoms with Crippen LogP contribution in [0.5, 0.6) is 0 Å². The molecule has 3 aromatic rings. The van der Waals surface area contributed by atoms with E-state index in [1.54, 1.807) is 6.33 Å². The molecule has 2 atom stereocenters. The lowest BCUT2D eigenvalue weighted by atomic mass is 9.88. The lowest BCUT2D eigenvalue weighted by Gasteiger charge is -2.38. The lowest BCUT2D eigenvalue weighted by molar-refractivity contribution is 0.447. The highest BCUT2D eigenvalue weighted by atomic mass is 15.2. The first kappa shape index (κ1) is 15.8. The summed E-state index contributed by atoms with van der Waals surface area (Å²) in [5.74, 6) is 0.500. The molecule has 2 aliphatic heterocycles. The Bertz CT molecular complexity index is 927. The molecule has 1 saturated heterocycles. The number of fused-ring (bicyclic) bond motifs is 2. The van der Waals surface area contributed by atoms with E-state index in [0.717, 1.165) is 31.7 Å². The fourth-order valence-electron chi connectivity index (χ4n) is 4.49. The normalized spacial score (nSPS) is 23.2. The highest BCUT2D eigenvalue weighted by Gasteiger charge is 2.30. The maximum Gasteiger partial charge on any atom is 0.139 e. The molecule has 3 aromatic heterocycles. The van der Waals surface area contributed by atoms with Crippen LogP contribution in [0.2, 0.25) is 0 Å². The van der Waals surface area contributed by atoms with Crippen molar-refractivity contribution in [3.8, 4) is 0 Å². The van der Waals surface area contributed by atoms with E-state index in [9.17, 15) is 0 Å². The summed E-state index contributed by atoms with van der Waals surface area (Å²) in [4.78, 5) is 19.5. The van der Waals surface area contributed by atoms with Crippen LogP contribution in [0.25, 0.3) is 11.0 Å². The van der Waals surface area contributed by atoms with Crippen LogP contribution in [0.15, 0.2) is 30.9 Å². The molecule has 0 aromatic carbocycles. The zero-order valence-electron chi connectivity index (χ0n) is 15.1. The van der Waals surface area contributed by atoms with Crippen LogP contribution < -0.4 is 10.2 Å². The van der Waals surface area contributed by atoms with Gasteiger partial charge in [0.1, 0.15) is 12.0 Å². The highest BCUT2D eigenvalue weighted by Crippen LogP contribution is 2.35. The number of rotatable bonds is 2. The number of pyridine rings is 1. The standard InChI is InChI=1S/C20H24N6/c1-13-9-17-16(19(25-12-24-17)14-3-2-6-21-10-14)11-26(13)18-5-8-23-20-15(18)4-7-22-20/h4-5,7-8,12-14,21H,2-3,6,9-11H2,1H3,(H,22,23)/t13-,14?/m1/s1. The molecule has 0 spiro atoms. The SMILES string of the molecule is C[C@@H]1Cc2ncnc(C3CCCNC3)c2CN1c1ccnc2[nH]ccc12. The van der Waals surface area contributed by atoms with Crippen molar-refractivity contribution in [2.45, 2.75) is 44.7 Å². The predicted molar refractivity (Wildman–Crippen MR) is 102 cm³/mol. The fraction of sp³-hybridized carbons (Fsp3) is 0.450. The Morgan fingerprint density at radius 1 is 1.19 bits per heavy atom. The second-order valence-corrected chi connectivity index (χ2v) is 7.48. The molecular weight excluding hydrogens is 324 g/mol. The molecule has 0 saturated carbocycles. The van der Waals surface area contributed by atoms with Gasteiger partial charge in [-0.05, 0) is 38.4 Å². The third-order valence-electron chi connectivity index (χ3n) is 5.85. The topological polar surface area (TPSA) is 69.7 Å². The number of aromatic nitrogens is 4. The van der Waals surface area contributed by atoms with Crippen LogP contribution in [0.3, 0.4) is 0 Å². The molecule has 1 unspecified atom stereocenters. The summed E-state index contributed by atoms with van der Waals surface area (Å²) in [6.07, 6.45) is 9.01. The third kappa shape index (κ3) is 2.56. The van der Waals surface area contributed by atoms with E-state index >= 15 is 0 Å². The third-order valence-corrected chi connectivity index (χ3v) is 5.85. The van der Waals surface area contributed by atoms with E-state index in [1.165, 1.54) is 40.9 Å². The molecule has 6 heteroatoms. The molecule has 1 fully saturated rings. The van der Waals surface area contributed by atoms with Gasteiger partial charge in [-0.25, -0.2) is 15.0 Å². The molecule has 2 aliphatic rings. The van der Waals surface area contributed by atoms with Crippen molar-refractivity contribution in [3.05, 3.63) is 47.8 Å². The van der Waals surface area contributed by atoms with Crippen LogP contribution in [-0.2, 0) is 13.0 Å². The summed E-state index contributed by atoms with van der Waals surface area (Å²) in [5.41, 5.74) is 5.99. The van der Waals surface area contributed by atoms with Gasteiger partial charge in [-0.3, -0.25) is 0 Å². The minimum atomic E-state index is 0.398. The first-order chi connectivity index (χ1) is 12.8. The van der Waals surface area contributed by atoms with Gasteiger partial charge in [-0.15, -0.1) is 0 Å². The number of hydrogen-bond acceptors (Lipinski definition) is 5. The van der Waals surface area contributed by atoms with Gasteiger partial charge in [0.2, 0.25) is 0 Å². The molecule has 0 amide bonds. The quantitative estimate of drug-likeness (QED) is 0.745. The van der Waals surface area contributed by atoms with Gasteiger partial charge < -0.3 is 15.2 Å². The van der Waals surface area contributed by atoms with Crippen molar-refractivity contribution < 1.29 is 0 Å². The Balaban J connectivity index is 1.56. The van der Waals surface area contributed by atoms with Crippen LogP contribution in [-0.4, -0.2) is 39.1 Å². The number of nitrogens with one attached hydrogen (secondary N) is 2. The van der Waals surface area contributed by atoms with Gasteiger partial charge in [0.05, 0.1) is 11.4 Å². The minimum Gasteiger partial charge on any atom is -0.363 e. The van der Waals surface area contributed by atoms with Crippen LogP contribution >= 0.6 is 0 Å². The molecule has 5 rings (SSSR count). The number of aromatic amines is 1. The van der Waals surface area contributed by atoms with Gasteiger partial charge in [0.15, 0.2) is 0 Å². The van der Waals surface area contributed by atoms with Gasteiger partial charge >= 0.3 is 0 Å².